The minimum Gasteiger partial charge on any atom is -0.308 e. The van der Waals surface area contributed by atoms with Gasteiger partial charge in [-0.25, -0.2) is 4.98 Å². The highest BCUT2D eigenvalue weighted by Crippen LogP contribution is 2.16. The molecule has 0 spiro atoms. The molecule has 2 heterocycles. The summed E-state index contributed by atoms with van der Waals surface area (Å²) in [6.45, 7) is 10.0. The third kappa shape index (κ3) is 3.57. The van der Waals surface area contributed by atoms with E-state index in [-0.39, 0.29) is 0 Å². The Kier molecular flexibility index (Phi) is 4.81. The molecule has 5 nitrogen and oxygen atoms in total. The zero-order valence-corrected chi connectivity index (χ0v) is 14.8. The summed E-state index contributed by atoms with van der Waals surface area (Å²) in [5.74, 6) is 0.998. The number of hydrogen-bond acceptors (Lipinski definition) is 3. The van der Waals surface area contributed by atoms with E-state index in [0.717, 1.165) is 24.6 Å². The Labute approximate surface area is 143 Å². The monoisotopic (exact) mass is 323 g/mol. The Hall–Kier alpha value is -2.40. The van der Waals surface area contributed by atoms with Gasteiger partial charge in [-0.05, 0) is 45.4 Å². The second-order valence-corrected chi connectivity index (χ2v) is 6.36. The first-order valence-electron chi connectivity index (χ1n) is 8.37. The Morgan fingerprint density at radius 3 is 2.62 bits per heavy atom. The van der Waals surface area contributed by atoms with E-state index in [9.17, 15) is 0 Å². The second kappa shape index (κ2) is 7.01. The largest absolute Gasteiger partial charge is 0.308 e. The SMILES string of the molecule is Cc1cc(C)n(CC(C)NCc2ccccc2-n2ccnc2C)n1. The van der Waals surface area contributed by atoms with Gasteiger partial charge in [-0.2, -0.15) is 5.10 Å². The van der Waals surface area contributed by atoms with E-state index in [4.69, 9.17) is 0 Å². The van der Waals surface area contributed by atoms with E-state index < -0.39 is 0 Å². The van der Waals surface area contributed by atoms with Gasteiger partial charge in [0.25, 0.3) is 0 Å². The molecule has 0 fully saturated rings. The van der Waals surface area contributed by atoms with E-state index in [1.165, 1.54) is 16.9 Å². The fourth-order valence-corrected chi connectivity index (χ4v) is 3.00. The molecule has 0 radical (unpaired) electrons. The number of rotatable bonds is 6. The fourth-order valence-electron chi connectivity index (χ4n) is 3.00. The first kappa shape index (κ1) is 16.5. The molecule has 0 aliphatic carbocycles. The van der Waals surface area contributed by atoms with Crippen LogP contribution in [0.5, 0.6) is 0 Å². The van der Waals surface area contributed by atoms with Gasteiger partial charge in [-0.3, -0.25) is 4.68 Å². The zero-order chi connectivity index (χ0) is 17.1. The van der Waals surface area contributed by atoms with Crippen LogP contribution in [0.4, 0.5) is 0 Å². The lowest BCUT2D eigenvalue weighted by Crippen LogP contribution is -2.31. The fraction of sp³-hybridized carbons (Fsp3) is 0.368. The van der Waals surface area contributed by atoms with Crippen molar-refractivity contribution in [1.29, 1.82) is 0 Å². The molecule has 2 aromatic heterocycles. The van der Waals surface area contributed by atoms with E-state index in [1.54, 1.807) is 0 Å². The molecule has 1 aromatic carbocycles. The lowest BCUT2D eigenvalue weighted by Gasteiger charge is -2.17. The highest BCUT2D eigenvalue weighted by Gasteiger charge is 2.10. The first-order valence-corrected chi connectivity index (χ1v) is 8.37. The molecular formula is C19H25N5. The molecule has 0 aliphatic rings. The van der Waals surface area contributed by atoms with Crippen molar-refractivity contribution in [2.45, 2.75) is 46.8 Å². The van der Waals surface area contributed by atoms with E-state index in [2.05, 4.69) is 68.8 Å². The highest BCUT2D eigenvalue weighted by atomic mass is 15.3. The van der Waals surface area contributed by atoms with E-state index >= 15 is 0 Å². The number of aromatic nitrogens is 4. The molecule has 0 saturated carbocycles. The van der Waals surface area contributed by atoms with Gasteiger partial charge in [0.2, 0.25) is 0 Å². The van der Waals surface area contributed by atoms with Crippen molar-refractivity contribution in [2.75, 3.05) is 0 Å². The van der Waals surface area contributed by atoms with Gasteiger partial charge in [0, 0.05) is 30.7 Å². The maximum Gasteiger partial charge on any atom is 0.110 e. The third-order valence-corrected chi connectivity index (χ3v) is 4.27. The van der Waals surface area contributed by atoms with Crippen LogP contribution in [0.2, 0.25) is 0 Å². The normalized spacial score (nSPS) is 12.5. The second-order valence-electron chi connectivity index (χ2n) is 6.36. The quantitative estimate of drug-likeness (QED) is 0.758. The lowest BCUT2D eigenvalue weighted by atomic mass is 10.1. The molecule has 0 aliphatic heterocycles. The lowest BCUT2D eigenvalue weighted by molar-refractivity contribution is 0.443. The predicted octanol–water partition coefficient (Wildman–Crippen LogP) is 3.17. The summed E-state index contributed by atoms with van der Waals surface area (Å²) in [7, 11) is 0. The summed E-state index contributed by atoms with van der Waals surface area (Å²) >= 11 is 0. The van der Waals surface area contributed by atoms with Gasteiger partial charge in [0.1, 0.15) is 5.82 Å². The minimum absolute atomic E-state index is 0.333. The van der Waals surface area contributed by atoms with E-state index in [0.29, 0.717) is 6.04 Å². The molecule has 3 rings (SSSR count). The minimum atomic E-state index is 0.333. The van der Waals surface area contributed by atoms with Crippen LogP contribution in [0.15, 0.2) is 42.7 Å². The average molecular weight is 323 g/mol. The molecule has 1 unspecified atom stereocenters. The van der Waals surface area contributed by atoms with Crippen LogP contribution in [-0.2, 0) is 13.1 Å². The molecule has 1 atom stereocenters. The summed E-state index contributed by atoms with van der Waals surface area (Å²) in [4.78, 5) is 4.33. The van der Waals surface area contributed by atoms with Crippen molar-refractivity contribution in [3.63, 3.8) is 0 Å². The number of nitrogens with one attached hydrogen (secondary N) is 1. The van der Waals surface area contributed by atoms with Crippen LogP contribution in [-0.4, -0.2) is 25.4 Å². The zero-order valence-electron chi connectivity index (χ0n) is 14.8. The molecule has 24 heavy (non-hydrogen) atoms. The summed E-state index contributed by atoms with van der Waals surface area (Å²) in [5.41, 5.74) is 4.72. The van der Waals surface area contributed by atoms with Crippen LogP contribution >= 0.6 is 0 Å². The van der Waals surface area contributed by atoms with Gasteiger partial charge in [-0.15, -0.1) is 0 Å². The van der Waals surface area contributed by atoms with Gasteiger partial charge < -0.3 is 9.88 Å². The molecule has 3 aromatic rings. The molecular weight excluding hydrogens is 298 g/mol. The number of nitrogens with zero attached hydrogens (tertiary/aromatic N) is 4. The van der Waals surface area contributed by atoms with Gasteiger partial charge in [0.15, 0.2) is 0 Å². The molecule has 0 bridgehead atoms. The number of imidazole rings is 1. The molecule has 1 N–H and O–H groups in total. The van der Waals surface area contributed by atoms with Crippen molar-refractivity contribution < 1.29 is 0 Å². The van der Waals surface area contributed by atoms with Crippen molar-refractivity contribution >= 4 is 0 Å². The van der Waals surface area contributed by atoms with Crippen molar-refractivity contribution in [3.05, 3.63) is 65.5 Å². The average Bonchev–Trinajstić information content (AvgIpc) is 3.11. The van der Waals surface area contributed by atoms with Crippen molar-refractivity contribution in [1.82, 2.24) is 24.6 Å². The standard InChI is InChI=1S/C19H25N5/c1-14-11-16(3)24(22-14)13-15(2)21-12-18-7-5-6-8-19(18)23-10-9-20-17(23)4/h5-11,15,21H,12-13H2,1-4H3. The molecule has 0 amide bonds. The smallest absolute Gasteiger partial charge is 0.110 e. The van der Waals surface area contributed by atoms with Gasteiger partial charge in [0.05, 0.1) is 17.9 Å². The number of para-hydroxylation sites is 1. The van der Waals surface area contributed by atoms with Crippen LogP contribution in [0.3, 0.4) is 0 Å². The summed E-state index contributed by atoms with van der Waals surface area (Å²) in [5, 5.41) is 8.15. The molecule has 0 saturated heterocycles. The Morgan fingerprint density at radius 1 is 1.17 bits per heavy atom. The van der Waals surface area contributed by atoms with Crippen molar-refractivity contribution in [2.24, 2.45) is 0 Å². The van der Waals surface area contributed by atoms with Crippen LogP contribution < -0.4 is 5.32 Å². The van der Waals surface area contributed by atoms with Gasteiger partial charge >= 0.3 is 0 Å². The topological polar surface area (TPSA) is 47.7 Å². The summed E-state index contributed by atoms with van der Waals surface area (Å²) in [6.07, 6.45) is 3.85. The Balaban J connectivity index is 1.69. The highest BCUT2D eigenvalue weighted by molar-refractivity contribution is 5.41. The maximum atomic E-state index is 4.54. The summed E-state index contributed by atoms with van der Waals surface area (Å²) in [6, 6.07) is 10.9. The molecule has 5 heteroatoms. The number of benzene rings is 1. The summed E-state index contributed by atoms with van der Waals surface area (Å²) < 4.78 is 4.20. The maximum absolute atomic E-state index is 4.54. The van der Waals surface area contributed by atoms with Crippen LogP contribution in [0.1, 0.15) is 29.7 Å². The Morgan fingerprint density at radius 2 is 1.96 bits per heavy atom. The Bertz CT molecular complexity index is 815. The van der Waals surface area contributed by atoms with Crippen LogP contribution in [0.25, 0.3) is 5.69 Å². The van der Waals surface area contributed by atoms with Gasteiger partial charge in [-0.1, -0.05) is 18.2 Å². The number of aryl methyl sites for hydroxylation is 3. The van der Waals surface area contributed by atoms with Crippen LogP contribution in [0, 0.1) is 20.8 Å². The van der Waals surface area contributed by atoms with Crippen molar-refractivity contribution in [3.8, 4) is 5.69 Å². The number of hydrogen-bond donors (Lipinski definition) is 1. The van der Waals surface area contributed by atoms with E-state index in [1.807, 2.05) is 26.2 Å². The third-order valence-electron chi connectivity index (χ3n) is 4.27. The first-order chi connectivity index (χ1) is 11.5. The predicted molar refractivity (Wildman–Crippen MR) is 96.3 cm³/mol. The molecule has 126 valence electrons.